The van der Waals surface area contributed by atoms with Crippen LogP contribution >= 0.6 is 0 Å². The van der Waals surface area contributed by atoms with Crippen molar-refractivity contribution in [2.45, 2.75) is 4.90 Å². The molecule has 5 nitrogen and oxygen atoms in total. The molecule has 0 fully saturated rings. The molecule has 0 heterocycles. The Morgan fingerprint density at radius 3 is 2.00 bits per heavy atom. The molecule has 3 rings (SSSR count). The van der Waals surface area contributed by atoms with Gasteiger partial charge in [0.05, 0.1) is 10.5 Å². The Bertz CT molecular complexity index is 1140. The van der Waals surface area contributed by atoms with Gasteiger partial charge in [-0.05, 0) is 48.0 Å². The molecule has 0 aromatic heterocycles. The molecule has 0 spiro atoms. The summed E-state index contributed by atoms with van der Waals surface area (Å²) in [5, 5.41) is 9.32. The summed E-state index contributed by atoms with van der Waals surface area (Å²) in [6.07, 6.45) is 1.28. The number of carbonyl (C=O) groups excluding carboxylic acids is 1. The Kier molecular flexibility index (Phi) is 5.68. The quantitative estimate of drug-likeness (QED) is 0.370. The van der Waals surface area contributed by atoms with Gasteiger partial charge < -0.3 is 4.74 Å². The van der Waals surface area contributed by atoms with Crippen molar-refractivity contribution >= 4 is 21.9 Å². The number of hydrogen-bond acceptors (Lipinski definition) is 5. The molecule has 0 atom stereocenters. The largest absolute Gasteiger partial charge is 0.423 e. The van der Waals surface area contributed by atoms with E-state index in [1.54, 1.807) is 66.7 Å². The van der Waals surface area contributed by atoms with Gasteiger partial charge in [0.25, 0.3) is 0 Å². The Labute approximate surface area is 163 Å². The van der Waals surface area contributed by atoms with Crippen molar-refractivity contribution in [1.82, 2.24) is 0 Å². The standard InChI is InChI=1S/C22H15NO4S/c23-16-21(28(25,26)20-9-5-2-6-10-20)15-17-11-13-19(14-12-17)27-22(24)18-7-3-1-4-8-18/h1-15H/b21-15-. The van der Waals surface area contributed by atoms with Crippen LogP contribution in [0, 0.1) is 11.3 Å². The molecule has 0 unspecified atom stereocenters. The molecule has 138 valence electrons. The van der Waals surface area contributed by atoms with Crippen molar-refractivity contribution in [1.29, 1.82) is 5.26 Å². The Morgan fingerprint density at radius 1 is 0.857 bits per heavy atom. The molecular formula is C22H15NO4S. The molecule has 0 saturated heterocycles. The normalized spacial score (nSPS) is 11.5. The monoisotopic (exact) mass is 389 g/mol. The first-order chi connectivity index (χ1) is 13.5. The lowest BCUT2D eigenvalue weighted by atomic mass is 10.2. The number of esters is 1. The van der Waals surface area contributed by atoms with Gasteiger partial charge in [-0.1, -0.05) is 48.5 Å². The van der Waals surface area contributed by atoms with E-state index in [0.717, 1.165) is 0 Å². The van der Waals surface area contributed by atoms with E-state index >= 15 is 0 Å². The average molecular weight is 389 g/mol. The number of ether oxygens (including phenoxy) is 1. The second kappa shape index (κ2) is 8.33. The summed E-state index contributed by atoms with van der Waals surface area (Å²) in [5.41, 5.74) is 0.919. The van der Waals surface area contributed by atoms with E-state index in [4.69, 9.17) is 4.74 Å². The smallest absolute Gasteiger partial charge is 0.343 e. The van der Waals surface area contributed by atoms with E-state index in [0.29, 0.717) is 16.9 Å². The highest BCUT2D eigenvalue weighted by molar-refractivity contribution is 7.95. The topological polar surface area (TPSA) is 84.2 Å². The van der Waals surface area contributed by atoms with Gasteiger partial charge >= 0.3 is 5.97 Å². The first-order valence-corrected chi connectivity index (χ1v) is 9.78. The fraction of sp³-hybridized carbons (Fsp3) is 0. The fourth-order valence-corrected chi connectivity index (χ4v) is 3.60. The Morgan fingerprint density at radius 2 is 1.43 bits per heavy atom. The van der Waals surface area contributed by atoms with Crippen molar-refractivity contribution in [2.24, 2.45) is 0 Å². The van der Waals surface area contributed by atoms with Gasteiger partial charge in [0.15, 0.2) is 0 Å². The van der Waals surface area contributed by atoms with Gasteiger partial charge in [-0.15, -0.1) is 0 Å². The minimum Gasteiger partial charge on any atom is -0.423 e. The number of rotatable bonds is 5. The highest BCUT2D eigenvalue weighted by atomic mass is 32.2. The lowest BCUT2D eigenvalue weighted by molar-refractivity contribution is 0.0734. The summed E-state index contributed by atoms with van der Waals surface area (Å²) in [4.78, 5) is 11.7. The van der Waals surface area contributed by atoms with Gasteiger partial charge in [-0.25, -0.2) is 13.2 Å². The zero-order valence-electron chi connectivity index (χ0n) is 14.6. The molecule has 28 heavy (non-hydrogen) atoms. The average Bonchev–Trinajstić information content (AvgIpc) is 2.74. The maximum absolute atomic E-state index is 12.6. The third-order valence-electron chi connectivity index (χ3n) is 3.85. The summed E-state index contributed by atoms with van der Waals surface area (Å²) >= 11 is 0. The highest BCUT2D eigenvalue weighted by Crippen LogP contribution is 2.22. The number of benzene rings is 3. The fourth-order valence-electron chi connectivity index (χ4n) is 2.42. The predicted molar refractivity (Wildman–Crippen MR) is 105 cm³/mol. The minimum absolute atomic E-state index is 0.0520. The first-order valence-electron chi connectivity index (χ1n) is 8.30. The van der Waals surface area contributed by atoms with Crippen molar-refractivity contribution in [3.05, 3.63) is 101 Å². The van der Waals surface area contributed by atoms with Crippen molar-refractivity contribution in [3.63, 3.8) is 0 Å². The van der Waals surface area contributed by atoms with Crippen LogP contribution in [-0.4, -0.2) is 14.4 Å². The summed E-state index contributed by atoms with van der Waals surface area (Å²) in [6.45, 7) is 0. The number of hydrogen-bond donors (Lipinski definition) is 0. The van der Waals surface area contributed by atoms with Gasteiger partial charge in [0, 0.05) is 0 Å². The maximum atomic E-state index is 12.6. The Hall–Kier alpha value is -3.69. The number of sulfone groups is 1. The van der Waals surface area contributed by atoms with Crippen LogP contribution in [-0.2, 0) is 9.84 Å². The maximum Gasteiger partial charge on any atom is 0.343 e. The first kappa shape index (κ1) is 19.1. The molecule has 6 heteroatoms. The van der Waals surface area contributed by atoms with Gasteiger partial charge in [0.1, 0.15) is 16.7 Å². The summed E-state index contributed by atoms with van der Waals surface area (Å²) in [6, 6.07) is 24.3. The van der Waals surface area contributed by atoms with E-state index in [9.17, 15) is 18.5 Å². The van der Waals surface area contributed by atoms with Crippen LogP contribution < -0.4 is 4.74 Å². The summed E-state index contributed by atoms with van der Waals surface area (Å²) in [7, 11) is -3.90. The summed E-state index contributed by atoms with van der Waals surface area (Å²) in [5.74, 6) is -0.177. The van der Waals surface area contributed by atoms with Crippen LogP contribution in [0.15, 0.2) is 94.7 Å². The highest BCUT2D eigenvalue weighted by Gasteiger charge is 2.20. The van der Waals surface area contributed by atoms with Gasteiger partial charge in [-0.3, -0.25) is 0 Å². The van der Waals surface area contributed by atoms with Crippen molar-refractivity contribution in [3.8, 4) is 11.8 Å². The molecule has 0 aliphatic heterocycles. The Balaban J connectivity index is 1.81. The predicted octanol–water partition coefficient (Wildman–Crippen LogP) is 4.24. The SMILES string of the molecule is N#C/C(=C/c1ccc(OC(=O)c2ccccc2)cc1)S(=O)(=O)c1ccccc1. The molecule has 0 saturated carbocycles. The second-order valence-electron chi connectivity index (χ2n) is 5.76. The van der Waals surface area contributed by atoms with E-state index < -0.39 is 15.8 Å². The van der Waals surface area contributed by atoms with Crippen LogP contribution in [0.5, 0.6) is 5.75 Å². The van der Waals surface area contributed by atoms with Crippen molar-refractivity contribution in [2.75, 3.05) is 0 Å². The lowest BCUT2D eigenvalue weighted by Gasteiger charge is -2.05. The summed E-state index contributed by atoms with van der Waals surface area (Å²) < 4.78 is 30.4. The molecular weight excluding hydrogens is 374 g/mol. The van der Waals surface area contributed by atoms with Crippen LogP contribution in [0.2, 0.25) is 0 Å². The minimum atomic E-state index is -3.90. The van der Waals surface area contributed by atoms with E-state index in [-0.39, 0.29) is 9.80 Å². The zero-order valence-corrected chi connectivity index (χ0v) is 15.5. The second-order valence-corrected chi connectivity index (χ2v) is 7.68. The molecule has 3 aromatic carbocycles. The zero-order chi connectivity index (χ0) is 20.0. The van der Waals surface area contributed by atoms with E-state index in [2.05, 4.69) is 0 Å². The number of nitriles is 1. The molecule has 0 amide bonds. The molecule has 0 aliphatic rings. The number of nitrogens with zero attached hydrogens (tertiary/aromatic N) is 1. The molecule has 3 aromatic rings. The molecule has 0 N–H and O–H groups in total. The van der Waals surface area contributed by atoms with Crippen LogP contribution in [0.3, 0.4) is 0 Å². The van der Waals surface area contributed by atoms with E-state index in [1.165, 1.54) is 30.3 Å². The van der Waals surface area contributed by atoms with Crippen molar-refractivity contribution < 1.29 is 17.9 Å². The van der Waals surface area contributed by atoms with Crippen LogP contribution in [0.4, 0.5) is 0 Å². The van der Waals surface area contributed by atoms with Crippen LogP contribution in [0.1, 0.15) is 15.9 Å². The molecule has 0 aliphatic carbocycles. The third kappa shape index (κ3) is 4.34. The third-order valence-corrected chi connectivity index (χ3v) is 5.53. The van der Waals surface area contributed by atoms with E-state index in [1.807, 2.05) is 0 Å². The number of allylic oxidation sites excluding steroid dienone is 1. The molecule has 0 bridgehead atoms. The number of carbonyl (C=O) groups is 1. The van der Waals surface area contributed by atoms with Gasteiger partial charge in [0.2, 0.25) is 9.84 Å². The molecule has 0 radical (unpaired) electrons. The van der Waals surface area contributed by atoms with Gasteiger partial charge in [-0.2, -0.15) is 5.26 Å². The lowest BCUT2D eigenvalue weighted by Crippen LogP contribution is -2.08. The van der Waals surface area contributed by atoms with Crippen LogP contribution in [0.25, 0.3) is 6.08 Å².